The molecule has 0 saturated heterocycles. The highest BCUT2D eigenvalue weighted by Gasteiger charge is 2.15. The molecule has 0 aromatic heterocycles. The van der Waals surface area contributed by atoms with Gasteiger partial charge in [0.2, 0.25) is 0 Å². The van der Waals surface area contributed by atoms with Crippen molar-refractivity contribution < 1.29 is 17.9 Å². The van der Waals surface area contributed by atoms with Crippen molar-refractivity contribution in [3.05, 3.63) is 34.6 Å². The van der Waals surface area contributed by atoms with E-state index in [-0.39, 0.29) is 17.7 Å². The summed E-state index contributed by atoms with van der Waals surface area (Å²) in [6, 6.07) is 3.80. The van der Waals surface area contributed by atoms with Crippen LogP contribution in [0.25, 0.3) is 0 Å². The fourth-order valence-electron chi connectivity index (χ4n) is 1.25. The van der Waals surface area contributed by atoms with E-state index in [0.29, 0.717) is 5.02 Å². The summed E-state index contributed by atoms with van der Waals surface area (Å²) in [7, 11) is -3.17. The number of hydrogen-bond donors (Lipinski definition) is 1. The molecule has 1 rings (SSSR count). The summed E-state index contributed by atoms with van der Waals surface area (Å²) in [5.74, 6) is -0.787. The molecule has 6 heteroatoms. The Morgan fingerprint density at radius 2 is 2.12 bits per heavy atom. The van der Waals surface area contributed by atoms with Crippen LogP contribution in [0.1, 0.15) is 18.1 Å². The van der Waals surface area contributed by atoms with E-state index in [1.807, 2.05) is 0 Å². The second-order valence-electron chi connectivity index (χ2n) is 3.60. The zero-order valence-corrected chi connectivity index (χ0v) is 10.2. The number of halogens is 2. The summed E-state index contributed by atoms with van der Waals surface area (Å²) in [5, 5.41) is 9.93. The maximum absolute atomic E-state index is 13.3. The molecule has 3 nitrogen and oxygen atoms in total. The Bertz CT molecular complexity index is 473. The molecule has 1 atom stereocenters. The molecule has 0 bridgehead atoms. The van der Waals surface area contributed by atoms with E-state index in [4.69, 9.17) is 11.6 Å². The maximum Gasteiger partial charge on any atom is 0.147 e. The van der Waals surface area contributed by atoms with Gasteiger partial charge in [-0.25, -0.2) is 12.8 Å². The van der Waals surface area contributed by atoms with Crippen molar-refractivity contribution >= 4 is 21.4 Å². The highest BCUT2D eigenvalue weighted by molar-refractivity contribution is 7.90. The van der Waals surface area contributed by atoms with Gasteiger partial charge in [-0.05, 0) is 24.6 Å². The van der Waals surface area contributed by atoms with E-state index in [0.717, 1.165) is 12.3 Å². The summed E-state index contributed by atoms with van der Waals surface area (Å²) in [6.45, 7) is 0. The third-order valence-corrected chi connectivity index (χ3v) is 3.29. The van der Waals surface area contributed by atoms with Crippen LogP contribution in [-0.2, 0) is 9.84 Å². The first kappa shape index (κ1) is 13.4. The minimum absolute atomic E-state index is 0.0242. The quantitative estimate of drug-likeness (QED) is 0.906. The lowest BCUT2D eigenvalue weighted by molar-refractivity contribution is 0.169. The minimum Gasteiger partial charge on any atom is -0.388 e. The summed E-state index contributed by atoms with van der Waals surface area (Å²) in [5.41, 5.74) is 0.0242. The second kappa shape index (κ2) is 5.12. The van der Waals surface area contributed by atoms with E-state index >= 15 is 0 Å². The van der Waals surface area contributed by atoms with Gasteiger partial charge in [-0.2, -0.15) is 0 Å². The fourth-order valence-corrected chi connectivity index (χ4v) is 2.08. The lowest BCUT2D eigenvalue weighted by Gasteiger charge is -2.11. The van der Waals surface area contributed by atoms with Gasteiger partial charge in [0.05, 0.1) is 11.9 Å². The zero-order chi connectivity index (χ0) is 12.3. The van der Waals surface area contributed by atoms with Crippen molar-refractivity contribution in [3.8, 4) is 0 Å². The van der Waals surface area contributed by atoms with E-state index in [1.54, 1.807) is 0 Å². The predicted octanol–water partition coefficient (Wildman–Crippen LogP) is 1.95. The van der Waals surface area contributed by atoms with Gasteiger partial charge in [0, 0.05) is 16.8 Å². The maximum atomic E-state index is 13.3. The summed E-state index contributed by atoms with van der Waals surface area (Å²) >= 11 is 5.65. The molecule has 0 aliphatic rings. The molecule has 0 spiro atoms. The molecule has 90 valence electrons. The topological polar surface area (TPSA) is 54.4 Å². The number of aliphatic hydroxyl groups is 1. The molecule has 1 N–H and O–H groups in total. The number of sulfone groups is 1. The van der Waals surface area contributed by atoms with Crippen molar-refractivity contribution in [1.29, 1.82) is 0 Å². The first-order chi connectivity index (χ1) is 7.29. The smallest absolute Gasteiger partial charge is 0.147 e. The lowest BCUT2D eigenvalue weighted by Crippen LogP contribution is -2.09. The number of rotatable bonds is 4. The van der Waals surface area contributed by atoms with Crippen molar-refractivity contribution in [2.24, 2.45) is 0 Å². The van der Waals surface area contributed by atoms with Gasteiger partial charge >= 0.3 is 0 Å². The van der Waals surface area contributed by atoms with Crippen LogP contribution in [0.2, 0.25) is 5.02 Å². The molecule has 16 heavy (non-hydrogen) atoms. The molecule has 0 aliphatic carbocycles. The van der Waals surface area contributed by atoms with Crippen molar-refractivity contribution in [1.82, 2.24) is 0 Å². The van der Waals surface area contributed by atoms with Crippen molar-refractivity contribution in [2.75, 3.05) is 12.0 Å². The Hall–Kier alpha value is -0.650. The Kier molecular flexibility index (Phi) is 4.29. The Balaban J connectivity index is 2.80. The first-order valence-corrected chi connectivity index (χ1v) is 7.04. The van der Waals surface area contributed by atoms with Crippen LogP contribution < -0.4 is 0 Å². The van der Waals surface area contributed by atoms with Crippen LogP contribution in [0.15, 0.2) is 18.2 Å². The molecule has 0 fully saturated rings. The highest BCUT2D eigenvalue weighted by atomic mass is 35.5. The standard InChI is InChI=1S/C10H12ClFO3S/c1-16(14,15)5-4-10(13)8-6-7(11)2-3-9(8)12/h2-3,6,10,13H,4-5H2,1H3. The number of hydrogen-bond acceptors (Lipinski definition) is 3. The molecule has 0 amide bonds. The third-order valence-electron chi connectivity index (χ3n) is 2.08. The van der Waals surface area contributed by atoms with Crippen LogP contribution in [0, 0.1) is 5.82 Å². The largest absolute Gasteiger partial charge is 0.388 e. The van der Waals surface area contributed by atoms with Gasteiger partial charge in [-0.3, -0.25) is 0 Å². The monoisotopic (exact) mass is 266 g/mol. The number of benzene rings is 1. The minimum atomic E-state index is -3.17. The van der Waals surface area contributed by atoms with Gasteiger partial charge in [0.25, 0.3) is 0 Å². The first-order valence-electron chi connectivity index (χ1n) is 4.60. The van der Waals surface area contributed by atoms with Crippen molar-refractivity contribution in [2.45, 2.75) is 12.5 Å². The van der Waals surface area contributed by atoms with Crippen LogP contribution in [0.3, 0.4) is 0 Å². The van der Waals surface area contributed by atoms with E-state index in [9.17, 15) is 17.9 Å². The molecule has 1 unspecified atom stereocenters. The molecular weight excluding hydrogens is 255 g/mol. The molecule has 0 heterocycles. The van der Waals surface area contributed by atoms with Gasteiger partial charge in [-0.15, -0.1) is 0 Å². The normalized spacial score (nSPS) is 13.8. The predicted molar refractivity (Wildman–Crippen MR) is 60.7 cm³/mol. The van der Waals surface area contributed by atoms with E-state index in [2.05, 4.69) is 0 Å². The second-order valence-corrected chi connectivity index (χ2v) is 6.30. The SMILES string of the molecule is CS(=O)(=O)CCC(O)c1cc(Cl)ccc1F. The van der Waals surface area contributed by atoms with Crippen LogP contribution in [-0.4, -0.2) is 25.5 Å². The summed E-state index contributed by atoms with van der Waals surface area (Å²) in [6.07, 6.45) is -0.141. The van der Waals surface area contributed by atoms with Crippen LogP contribution >= 0.6 is 11.6 Å². The summed E-state index contributed by atoms with van der Waals surface area (Å²) < 4.78 is 35.0. The van der Waals surface area contributed by atoms with Crippen molar-refractivity contribution in [3.63, 3.8) is 0 Å². The highest BCUT2D eigenvalue weighted by Crippen LogP contribution is 2.23. The molecule has 1 aromatic rings. The molecule has 0 saturated carbocycles. The van der Waals surface area contributed by atoms with Crippen LogP contribution in [0.5, 0.6) is 0 Å². The number of aliphatic hydroxyl groups excluding tert-OH is 1. The Morgan fingerprint density at radius 3 is 2.69 bits per heavy atom. The third kappa shape index (κ3) is 4.08. The van der Waals surface area contributed by atoms with Gasteiger partial charge in [0.15, 0.2) is 0 Å². The van der Waals surface area contributed by atoms with E-state index < -0.39 is 21.8 Å². The van der Waals surface area contributed by atoms with Gasteiger partial charge in [0.1, 0.15) is 15.7 Å². The van der Waals surface area contributed by atoms with Crippen LogP contribution in [0.4, 0.5) is 4.39 Å². The zero-order valence-electron chi connectivity index (χ0n) is 8.65. The average Bonchev–Trinajstić information content (AvgIpc) is 2.17. The molecule has 1 aromatic carbocycles. The van der Waals surface area contributed by atoms with Gasteiger partial charge in [-0.1, -0.05) is 11.6 Å². The van der Waals surface area contributed by atoms with Gasteiger partial charge < -0.3 is 5.11 Å². The molecule has 0 radical (unpaired) electrons. The fraction of sp³-hybridized carbons (Fsp3) is 0.400. The average molecular weight is 267 g/mol. The Labute approximate surface area is 98.8 Å². The molecule has 0 aliphatic heterocycles. The Morgan fingerprint density at radius 1 is 1.50 bits per heavy atom. The summed E-state index contributed by atoms with van der Waals surface area (Å²) in [4.78, 5) is 0. The lowest BCUT2D eigenvalue weighted by atomic mass is 10.1. The van der Waals surface area contributed by atoms with E-state index in [1.165, 1.54) is 12.1 Å². The molecular formula is C10H12ClFO3S.